The SMILES string of the molecule is CCc1ccsc1C(=O)CCc1nccn1C. The van der Waals surface area contributed by atoms with Gasteiger partial charge in [0, 0.05) is 32.3 Å². The van der Waals surface area contributed by atoms with Gasteiger partial charge in [0.1, 0.15) is 5.82 Å². The number of hydrogen-bond donors (Lipinski definition) is 0. The number of aromatic nitrogens is 2. The minimum atomic E-state index is 0.236. The summed E-state index contributed by atoms with van der Waals surface area (Å²) >= 11 is 1.55. The van der Waals surface area contributed by atoms with E-state index in [1.807, 2.05) is 29.3 Å². The molecule has 0 aliphatic carbocycles. The van der Waals surface area contributed by atoms with E-state index in [4.69, 9.17) is 0 Å². The van der Waals surface area contributed by atoms with Crippen molar-refractivity contribution in [2.75, 3.05) is 0 Å². The van der Waals surface area contributed by atoms with Gasteiger partial charge in [-0.05, 0) is 23.4 Å². The Kier molecular flexibility index (Phi) is 3.74. The van der Waals surface area contributed by atoms with E-state index in [9.17, 15) is 4.79 Å². The number of carbonyl (C=O) groups is 1. The molecule has 4 heteroatoms. The van der Waals surface area contributed by atoms with Crippen LogP contribution in [0.4, 0.5) is 0 Å². The maximum atomic E-state index is 12.1. The first kappa shape index (κ1) is 12.0. The predicted octanol–water partition coefficient (Wildman–Crippen LogP) is 2.86. The average molecular weight is 248 g/mol. The van der Waals surface area contributed by atoms with Crippen molar-refractivity contribution in [3.8, 4) is 0 Å². The minimum Gasteiger partial charge on any atom is -0.338 e. The fraction of sp³-hybridized carbons (Fsp3) is 0.385. The summed E-state index contributed by atoms with van der Waals surface area (Å²) in [6.07, 6.45) is 5.85. The van der Waals surface area contributed by atoms with Crippen LogP contribution in [0.5, 0.6) is 0 Å². The van der Waals surface area contributed by atoms with Crippen LogP contribution in [0.25, 0.3) is 0 Å². The summed E-state index contributed by atoms with van der Waals surface area (Å²) in [4.78, 5) is 17.2. The third-order valence-corrected chi connectivity index (χ3v) is 3.88. The molecule has 0 N–H and O–H groups in total. The molecule has 3 nitrogen and oxygen atoms in total. The second-order valence-electron chi connectivity index (χ2n) is 4.01. The molecule has 0 aliphatic rings. The fourth-order valence-corrected chi connectivity index (χ4v) is 2.80. The number of ketones is 1. The number of Topliss-reactive ketones (excluding diaryl/α,β-unsaturated/α-hetero) is 1. The lowest BCUT2D eigenvalue weighted by Crippen LogP contribution is -2.05. The van der Waals surface area contributed by atoms with Crippen molar-refractivity contribution in [2.24, 2.45) is 7.05 Å². The quantitative estimate of drug-likeness (QED) is 0.763. The van der Waals surface area contributed by atoms with Gasteiger partial charge in [0.2, 0.25) is 0 Å². The van der Waals surface area contributed by atoms with E-state index >= 15 is 0 Å². The van der Waals surface area contributed by atoms with Crippen molar-refractivity contribution >= 4 is 17.1 Å². The molecule has 2 rings (SSSR count). The molecule has 0 bridgehead atoms. The highest BCUT2D eigenvalue weighted by Crippen LogP contribution is 2.19. The van der Waals surface area contributed by atoms with Crippen molar-refractivity contribution < 1.29 is 4.79 Å². The van der Waals surface area contributed by atoms with Crippen LogP contribution in [0.2, 0.25) is 0 Å². The Morgan fingerprint density at radius 1 is 1.53 bits per heavy atom. The van der Waals surface area contributed by atoms with Crippen LogP contribution in [0.1, 0.15) is 34.4 Å². The van der Waals surface area contributed by atoms with Crippen molar-refractivity contribution in [1.29, 1.82) is 0 Å². The Bertz CT molecular complexity index is 513. The van der Waals surface area contributed by atoms with Crippen LogP contribution in [0.15, 0.2) is 23.8 Å². The number of thiophene rings is 1. The Balaban J connectivity index is 2.01. The van der Waals surface area contributed by atoms with E-state index in [-0.39, 0.29) is 5.78 Å². The van der Waals surface area contributed by atoms with Gasteiger partial charge in [-0.2, -0.15) is 0 Å². The third-order valence-electron chi connectivity index (χ3n) is 2.88. The zero-order valence-electron chi connectivity index (χ0n) is 10.1. The molecule has 0 fully saturated rings. The van der Waals surface area contributed by atoms with Gasteiger partial charge in [-0.3, -0.25) is 4.79 Å². The van der Waals surface area contributed by atoms with E-state index < -0.39 is 0 Å². The molecule has 90 valence electrons. The maximum absolute atomic E-state index is 12.1. The molecule has 0 saturated heterocycles. The summed E-state index contributed by atoms with van der Waals surface area (Å²) in [6, 6.07) is 2.04. The second kappa shape index (κ2) is 5.27. The largest absolute Gasteiger partial charge is 0.338 e. The summed E-state index contributed by atoms with van der Waals surface area (Å²) in [5, 5.41) is 1.99. The lowest BCUT2D eigenvalue weighted by atomic mass is 10.1. The molecule has 0 amide bonds. The van der Waals surface area contributed by atoms with Gasteiger partial charge in [0.05, 0.1) is 4.88 Å². The Hall–Kier alpha value is -1.42. The normalized spacial score (nSPS) is 10.7. The van der Waals surface area contributed by atoms with Gasteiger partial charge in [-0.15, -0.1) is 11.3 Å². The first-order chi connectivity index (χ1) is 8.22. The number of imidazole rings is 1. The minimum absolute atomic E-state index is 0.236. The van der Waals surface area contributed by atoms with E-state index in [1.54, 1.807) is 17.5 Å². The lowest BCUT2D eigenvalue weighted by Gasteiger charge is -2.02. The van der Waals surface area contributed by atoms with Gasteiger partial charge < -0.3 is 4.57 Å². The zero-order valence-corrected chi connectivity index (χ0v) is 11.0. The van der Waals surface area contributed by atoms with Crippen LogP contribution in [-0.4, -0.2) is 15.3 Å². The molecule has 2 aromatic heterocycles. The molecular formula is C13H16N2OS. The Morgan fingerprint density at radius 2 is 2.35 bits per heavy atom. The summed E-state index contributed by atoms with van der Waals surface area (Å²) in [5.74, 6) is 1.20. The molecule has 0 radical (unpaired) electrons. The standard InChI is InChI=1S/C13H16N2OS/c1-3-10-6-9-17-13(10)11(16)4-5-12-14-7-8-15(12)2/h6-9H,3-5H2,1-2H3. The first-order valence-electron chi connectivity index (χ1n) is 5.78. The molecule has 2 aromatic rings. The van der Waals surface area contributed by atoms with Crippen LogP contribution >= 0.6 is 11.3 Å². The van der Waals surface area contributed by atoms with Gasteiger partial charge in [-0.25, -0.2) is 4.98 Å². The van der Waals surface area contributed by atoms with Gasteiger partial charge >= 0.3 is 0 Å². The van der Waals surface area contributed by atoms with Crippen molar-refractivity contribution in [3.05, 3.63) is 40.1 Å². The molecule has 17 heavy (non-hydrogen) atoms. The topological polar surface area (TPSA) is 34.9 Å². The van der Waals surface area contributed by atoms with Crippen LogP contribution in [0.3, 0.4) is 0 Å². The zero-order chi connectivity index (χ0) is 12.3. The Morgan fingerprint density at radius 3 is 3.00 bits per heavy atom. The van der Waals surface area contributed by atoms with Gasteiger partial charge in [0.25, 0.3) is 0 Å². The summed E-state index contributed by atoms with van der Waals surface area (Å²) in [5.41, 5.74) is 1.17. The van der Waals surface area contributed by atoms with Crippen LogP contribution in [0, 0.1) is 0 Å². The molecule has 0 aromatic carbocycles. The summed E-state index contributed by atoms with van der Waals surface area (Å²) in [6.45, 7) is 2.08. The molecule has 2 heterocycles. The van der Waals surface area contributed by atoms with E-state index in [2.05, 4.69) is 11.9 Å². The maximum Gasteiger partial charge on any atom is 0.173 e. The monoisotopic (exact) mass is 248 g/mol. The Labute approximate surface area is 105 Å². The molecule has 0 aliphatic heterocycles. The highest BCUT2D eigenvalue weighted by molar-refractivity contribution is 7.12. The first-order valence-corrected chi connectivity index (χ1v) is 6.66. The van der Waals surface area contributed by atoms with E-state index in [0.29, 0.717) is 12.8 Å². The van der Waals surface area contributed by atoms with Gasteiger partial charge in [-0.1, -0.05) is 6.92 Å². The number of rotatable bonds is 5. The number of carbonyl (C=O) groups excluding carboxylic acids is 1. The highest BCUT2D eigenvalue weighted by atomic mass is 32.1. The van der Waals surface area contributed by atoms with E-state index in [0.717, 1.165) is 17.1 Å². The molecule has 0 spiro atoms. The fourth-order valence-electron chi connectivity index (χ4n) is 1.84. The van der Waals surface area contributed by atoms with Gasteiger partial charge in [0.15, 0.2) is 5.78 Å². The lowest BCUT2D eigenvalue weighted by molar-refractivity contribution is 0.0985. The summed E-state index contributed by atoms with van der Waals surface area (Å²) in [7, 11) is 1.95. The third kappa shape index (κ3) is 2.64. The van der Waals surface area contributed by atoms with E-state index in [1.165, 1.54) is 5.56 Å². The highest BCUT2D eigenvalue weighted by Gasteiger charge is 2.12. The number of nitrogens with zero attached hydrogens (tertiary/aromatic N) is 2. The van der Waals surface area contributed by atoms with Crippen molar-refractivity contribution in [1.82, 2.24) is 9.55 Å². The van der Waals surface area contributed by atoms with Crippen LogP contribution in [-0.2, 0) is 19.9 Å². The van der Waals surface area contributed by atoms with Crippen molar-refractivity contribution in [2.45, 2.75) is 26.2 Å². The molecule has 0 saturated carbocycles. The predicted molar refractivity (Wildman–Crippen MR) is 69.6 cm³/mol. The average Bonchev–Trinajstić information content (AvgIpc) is 2.94. The van der Waals surface area contributed by atoms with Crippen molar-refractivity contribution in [3.63, 3.8) is 0 Å². The number of hydrogen-bond acceptors (Lipinski definition) is 3. The smallest absolute Gasteiger partial charge is 0.173 e. The van der Waals surface area contributed by atoms with Crippen LogP contribution < -0.4 is 0 Å². The summed E-state index contributed by atoms with van der Waals surface area (Å²) < 4.78 is 1.96. The molecule has 0 atom stereocenters. The second-order valence-corrected chi connectivity index (χ2v) is 4.92. The molecular weight excluding hydrogens is 232 g/mol. The molecule has 0 unspecified atom stereocenters. The number of aryl methyl sites for hydroxylation is 3.